The quantitative estimate of drug-likeness (QED) is 0.767. The summed E-state index contributed by atoms with van der Waals surface area (Å²) in [6.45, 7) is 1.64. The second kappa shape index (κ2) is 4.63. The van der Waals surface area contributed by atoms with Crippen LogP contribution in [0, 0.1) is 5.82 Å². The summed E-state index contributed by atoms with van der Waals surface area (Å²) < 4.78 is 20.7. The SMILES string of the molecule is CC(=S)Oc1ccc(-c2ccnn2C)c(F)c1. The Morgan fingerprint density at radius 3 is 2.71 bits per heavy atom. The molecule has 0 amide bonds. The monoisotopic (exact) mass is 250 g/mol. The highest BCUT2D eigenvalue weighted by Crippen LogP contribution is 2.25. The lowest BCUT2D eigenvalue weighted by Gasteiger charge is -2.07. The standard InChI is InChI=1S/C12H11FN2OS/c1-8(17)16-9-3-4-10(11(13)7-9)12-5-6-14-15(12)2/h3-7H,1-2H3. The summed E-state index contributed by atoms with van der Waals surface area (Å²) in [6.07, 6.45) is 1.63. The molecule has 17 heavy (non-hydrogen) atoms. The molecule has 0 atom stereocenters. The van der Waals surface area contributed by atoms with Gasteiger partial charge in [-0.1, -0.05) is 0 Å². The molecule has 2 rings (SSSR count). The Balaban J connectivity index is 2.39. The molecular weight excluding hydrogens is 239 g/mol. The van der Waals surface area contributed by atoms with Gasteiger partial charge in [0.25, 0.3) is 0 Å². The van der Waals surface area contributed by atoms with E-state index in [0.29, 0.717) is 22.1 Å². The summed E-state index contributed by atoms with van der Waals surface area (Å²) in [5, 5.41) is 4.36. The number of halogens is 1. The first-order chi connectivity index (χ1) is 8.08. The largest absolute Gasteiger partial charge is 0.450 e. The van der Waals surface area contributed by atoms with Gasteiger partial charge in [-0.2, -0.15) is 5.10 Å². The average molecular weight is 250 g/mol. The van der Waals surface area contributed by atoms with Crippen LogP contribution in [0.5, 0.6) is 5.75 Å². The van der Waals surface area contributed by atoms with Crippen LogP contribution in [-0.2, 0) is 7.05 Å². The van der Waals surface area contributed by atoms with E-state index in [1.54, 1.807) is 43.0 Å². The van der Waals surface area contributed by atoms with E-state index >= 15 is 0 Å². The Kier molecular flexibility index (Phi) is 3.19. The van der Waals surface area contributed by atoms with Crippen molar-refractivity contribution in [2.24, 2.45) is 7.05 Å². The van der Waals surface area contributed by atoms with Crippen LogP contribution in [0.1, 0.15) is 6.92 Å². The summed E-state index contributed by atoms with van der Waals surface area (Å²) >= 11 is 4.80. The predicted octanol–water partition coefficient (Wildman–Crippen LogP) is 2.95. The molecule has 0 saturated carbocycles. The molecule has 5 heteroatoms. The third-order valence-corrected chi connectivity index (χ3v) is 2.38. The zero-order chi connectivity index (χ0) is 12.4. The maximum Gasteiger partial charge on any atom is 0.164 e. The molecule has 0 saturated heterocycles. The number of nitrogens with zero attached hydrogens (tertiary/aromatic N) is 2. The van der Waals surface area contributed by atoms with Gasteiger partial charge in [0.15, 0.2) is 5.05 Å². The molecule has 1 aromatic heterocycles. The Bertz CT molecular complexity index is 565. The van der Waals surface area contributed by atoms with E-state index in [2.05, 4.69) is 5.10 Å². The maximum absolute atomic E-state index is 13.9. The van der Waals surface area contributed by atoms with Gasteiger partial charge < -0.3 is 4.74 Å². The molecule has 0 aliphatic rings. The molecule has 3 nitrogen and oxygen atoms in total. The molecule has 0 aliphatic heterocycles. The second-order valence-corrected chi connectivity index (χ2v) is 4.15. The molecule has 1 heterocycles. The van der Waals surface area contributed by atoms with Gasteiger partial charge in [0.05, 0.1) is 5.69 Å². The van der Waals surface area contributed by atoms with Crippen molar-refractivity contribution in [3.8, 4) is 17.0 Å². The van der Waals surface area contributed by atoms with Crippen molar-refractivity contribution in [2.45, 2.75) is 6.92 Å². The molecule has 1 aromatic carbocycles. The summed E-state index contributed by atoms with van der Waals surface area (Å²) in [4.78, 5) is 0. The Morgan fingerprint density at radius 2 is 2.18 bits per heavy atom. The van der Waals surface area contributed by atoms with Crippen molar-refractivity contribution in [2.75, 3.05) is 0 Å². The van der Waals surface area contributed by atoms with Crippen molar-refractivity contribution < 1.29 is 9.13 Å². The van der Waals surface area contributed by atoms with Gasteiger partial charge in [0, 0.05) is 31.8 Å². The first-order valence-electron chi connectivity index (χ1n) is 5.04. The van der Waals surface area contributed by atoms with Crippen molar-refractivity contribution in [3.05, 3.63) is 36.3 Å². The van der Waals surface area contributed by atoms with E-state index < -0.39 is 0 Å². The Morgan fingerprint density at radius 1 is 1.41 bits per heavy atom. The van der Waals surface area contributed by atoms with E-state index in [0.717, 1.165) is 0 Å². The first kappa shape index (κ1) is 11.7. The van der Waals surface area contributed by atoms with Gasteiger partial charge in [-0.3, -0.25) is 4.68 Å². The Hall–Kier alpha value is -1.75. The summed E-state index contributed by atoms with van der Waals surface area (Å²) in [6, 6.07) is 6.41. The van der Waals surface area contributed by atoms with Crippen LogP contribution >= 0.6 is 12.2 Å². The number of ether oxygens (including phenoxy) is 1. The van der Waals surface area contributed by atoms with Crippen molar-refractivity contribution in [1.29, 1.82) is 0 Å². The maximum atomic E-state index is 13.9. The molecular formula is C12H11FN2OS. The minimum Gasteiger partial charge on any atom is -0.450 e. The van der Waals surface area contributed by atoms with Crippen LogP contribution < -0.4 is 4.74 Å². The van der Waals surface area contributed by atoms with Gasteiger partial charge >= 0.3 is 0 Å². The van der Waals surface area contributed by atoms with Crippen LogP contribution in [0.2, 0.25) is 0 Å². The van der Waals surface area contributed by atoms with E-state index in [-0.39, 0.29) is 5.82 Å². The zero-order valence-corrected chi connectivity index (χ0v) is 10.3. The number of hydrogen-bond acceptors (Lipinski definition) is 3. The fourth-order valence-electron chi connectivity index (χ4n) is 1.57. The normalized spacial score (nSPS) is 10.3. The zero-order valence-electron chi connectivity index (χ0n) is 9.48. The summed E-state index contributed by atoms with van der Waals surface area (Å²) in [5.41, 5.74) is 1.20. The second-order valence-electron chi connectivity index (χ2n) is 3.58. The number of rotatable bonds is 2. The molecule has 0 radical (unpaired) electrons. The lowest BCUT2D eigenvalue weighted by molar-refractivity contribution is 0.548. The highest BCUT2D eigenvalue weighted by Gasteiger charge is 2.10. The van der Waals surface area contributed by atoms with Gasteiger partial charge in [-0.25, -0.2) is 4.39 Å². The number of aromatic nitrogens is 2. The third-order valence-electron chi connectivity index (χ3n) is 2.30. The smallest absolute Gasteiger partial charge is 0.164 e. The predicted molar refractivity (Wildman–Crippen MR) is 67.5 cm³/mol. The molecule has 0 N–H and O–H groups in total. The van der Waals surface area contributed by atoms with Crippen LogP contribution in [-0.4, -0.2) is 14.8 Å². The third kappa shape index (κ3) is 2.50. The minimum absolute atomic E-state index is 0.359. The van der Waals surface area contributed by atoms with E-state index in [9.17, 15) is 4.39 Å². The number of thiocarbonyl (C=S) groups is 1. The Labute approximate surface area is 104 Å². The van der Waals surface area contributed by atoms with E-state index in [4.69, 9.17) is 17.0 Å². The van der Waals surface area contributed by atoms with Crippen molar-refractivity contribution in [1.82, 2.24) is 9.78 Å². The minimum atomic E-state index is -0.359. The molecule has 2 aromatic rings. The van der Waals surface area contributed by atoms with Gasteiger partial charge in [0.1, 0.15) is 11.6 Å². The van der Waals surface area contributed by atoms with Crippen LogP contribution in [0.3, 0.4) is 0 Å². The van der Waals surface area contributed by atoms with E-state index in [1.165, 1.54) is 6.07 Å². The highest BCUT2D eigenvalue weighted by atomic mass is 32.1. The molecule has 0 aliphatic carbocycles. The van der Waals surface area contributed by atoms with Crippen molar-refractivity contribution >= 4 is 17.3 Å². The lowest BCUT2D eigenvalue weighted by atomic mass is 10.1. The molecule has 88 valence electrons. The average Bonchev–Trinajstić information content (AvgIpc) is 2.64. The summed E-state index contributed by atoms with van der Waals surface area (Å²) in [5.74, 6) is 0.0447. The molecule has 0 spiro atoms. The first-order valence-corrected chi connectivity index (χ1v) is 5.45. The van der Waals surface area contributed by atoms with Gasteiger partial charge in [0.2, 0.25) is 0 Å². The summed E-state index contributed by atoms with van der Waals surface area (Å²) in [7, 11) is 1.76. The molecule has 0 fully saturated rings. The fraction of sp³-hybridized carbons (Fsp3) is 0.167. The van der Waals surface area contributed by atoms with Crippen LogP contribution in [0.15, 0.2) is 30.5 Å². The molecule has 0 unspecified atom stereocenters. The number of hydrogen-bond donors (Lipinski definition) is 0. The number of aryl methyl sites for hydroxylation is 1. The fourth-order valence-corrected chi connectivity index (χ4v) is 1.67. The van der Waals surface area contributed by atoms with Crippen LogP contribution in [0.25, 0.3) is 11.3 Å². The van der Waals surface area contributed by atoms with Crippen LogP contribution in [0.4, 0.5) is 4.39 Å². The van der Waals surface area contributed by atoms with Crippen molar-refractivity contribution in [3.63, 3.8) is 0 Å². The number of benzene rings is 1. The lowest BCUT2D eigenvalue weighted by Crippen LogP contribution is -2.00. The highest BCUT2D eigenvalue weighted by molar-refractivity contribution is 7.80. The van der Waals surface area contributed by atoms with E-state index in [1.807, 2.05) is 0 Å². The van der Waals surface area contributed by atoms with Gasteiger partial charge in [-0.15, -0.1) is 0 Å². The molecule has 0 bridgehead atoms. The van der Waals surface area contributed by atoms with Gasteiger partial charge in [-0.05, 0) is 30.4 Å². The topological polar surface area (TPSA) is 27.1 Å².